The van der Waals surface area contributed by atoms with Crippen LogP contribution in [0.15, 0.2) is 12.3 Å². The molecule has 0 unspecified atom stereocenters. The number of hydrogen-bond acceptors (Lipinski definition) is 2. The summed E-state index contributed by atoms with van der Waals surface area (Å²) < 4.78 is 7.12. The fourth-order valence-electron chi connectivity index (χ4n) is 1.09. The molecule has 0 aliphatic carbocycles. The van der Waals surface area contributed by atoms with Crippen LogP contribution in [-0.4, -0.2) is 11.2 Å². The van der Waals surface area contributed by atoms with Gasteiger partial charge in [0.1, 0.15) is 7.05 Å². The Balaban J connectivity index is 3.10. The molecule has 0 bridgehead atoms. The summed E-state index contributed by atoms with van der Waals surface area (Å²) in [7, 11) is 1.78. The predicted octanol–water partition coefficient (Wildman–Crippen LogP) is 1.31. The Bertz CT molecular complexity index is 308. The zero-order chi connectivity index (χ0) is 10.0. The highest BCUT2D eigenvalue weighted by atomic mass is 16.5. The second-order valence-electron chi connectivity index (χ2n) is 3.43. The fraction of sp³-hybridized carbons (Fsp3) is 0.500. The standard InChI is InChI=1S/C10H15NO2/c1-7(2)13-9-8(3)5-6-11(4)10(9)12/h5-7H,1-4H3/p+1. The molecule has 0 saturated heterocycles. The summed E-state index contributed by atoms with van der Waals surface area (Å²) in [5.41, 5.74) is 0.948. The van der Waals surface area contributed by atoms with Crippen LogP contribution in [0.2, 0.25) is 0 Å². The molecule has 0 atom stereocenters. The van der Waals surface area contributed by atoms with Crippen molar-refractivity contribution in [1.29, 1.82) is 0 Å². The van der Waals surface area contributed by atoms with E-state index in [1.165, 1.54) is 0 Å². The molecule has 13 heavy (non-hydrogen) atoms. The molecular weight excluding hydrogens is 166 g/mol. The van der Waals surface area contributed by atoms with Crippen molar-refractivity contribution in [2.24, 2.45) is 7.05 Å². The molecule has 0 spiro atoms. The normalized spacial score (nSPS) is 10.5. The average molecular weight is 182 g/mol. The summed E-state index contributed by atoms with van der Waals surface area (Å²) in [6.45, 7) is 5.79. The van der Waals surface area contributed by atoms with Crippen molar-refractivity contribution >= 4 is 0 Å². The van der Waals surface area contributed by atoms with Gasteiger partial charge in [-0.2, -0.15) is 4.57 Å². The van der Waals surface area contributed by atoms with Crippen LogP contribution in [0.3, 0.4) is 0 Å². The van der Waals surface area contributed by atoms with E-state index in [1.807, 2.05) is 26.8 Å². The molecule has 72 valence electrons. The Hall–Kier alpha value is -1.25. The molecule has 1 rings (SSSR count). The van der Waals surface area contributed by atoms with Crippen LogP contribution in [0, 0.1) is 6.92 Å². The first-order valence-electron chi connectivity index (χ1n) is 4.37. The van der Waals surface area contributed by atoms with Crippen molar-refractivity contribution in [2.45, 2.75) is 26.9 Å². The lowest BCUT2D eigenvalue weighted by Crippen LogP contribution is -2.28. The number of nitrogens with zero attached hydrogens (tertiary/aromatic N) is 1. The fourth-order valence-corrected chi connectivity index (χ4v) is 1.09. The summed E-state index contributed by atoms with van der Waals surface area (Å²) >= 11 is 0. The SMILES string of the molecule is Cc1cc[n+](C)c(O)c1OC(C)C. The predicted molar refractivity (Wildman–Crippen MR) is 49.8 cm³/mol. The summed E-state index contributed by atoms with van der Waals surface area (Å²) in [5, 5.41) is 9.67. The van der Waals surface area contributed by atoms with E-state index in [0.717, 1.165) is 5.56 Å². The van der Waals surface area contributed by atoms with E-state index in [0.29, 0.717) is 5.75 Å². The molecule has 0 amide bonds. The van der Waals surface area contributed by atoms with Crippen LogP contribution in [0.1, 0.15) is 19.4 Å². The minimum atomic E-state index is 0.0759. The quantitative estimate of drug-likeness (QED) is 0.700. The summed E-state index contributed by atoms with van der Waals surface area (Å²) in [6.07, 6.45) is 1.88. The van der Waals surface area contributed by atoms with Crippen molar-refractivity contribution in [3.05, 3.63) is 17.8 Å². The minimum Gasteiger partial charge on any atom is -0.482 e. The van der Waals surface area contributed by atoms with Gasteiger partial charge >= 0.3 is 5.88 Å². The maximum Gasteiger partial charge on any atom is 0.409 e. The first-order chi connectivity index (χ1) is 6.02. The number of ether oxygens (including phenoxy) is 1. The summed E-state index contributed by atoms with van der Waals surface area (Å²) in [5.74, 6) is 0.744. The number of rotatable bonds is 2. The topological polar surface area (TPSA) is 33.3 Å². The zero-order valence-corrected chi connectivity index (χ0v) is 8.53. The van der Waals surface area contributed by atoms with E-state index < -0.39 is 0 Å². The Morgan fingerprint density at radius 1 is 1.46 bits per heavy atom. The largest absolute Gasteiger partial charge is 0.482 e. The van der Waals surface area contributed by atoms with E-state index in [9.17, 15) is 5.11 Å². The van der Waals surface area contributed by atoms with Gasteiger partial charge in [0.15, 0.2) is 6.20 Å². The molecule has 0 radical (unpaired) electrons. The van der Waals surface area contributed by atoms with Gasteiger partial charge in [-0.1, -0.05) is 0 Å². The van der Waals surface area contributed by atoms with Gasteiger partial charge in [0.05, 0.1) is 6.10 Å². The third-order valence-corrected chi connectivity index (χ3v) is 1.80. The van der Waals surface area contributed by atoms with Gasteiger partial charge in [-0.3, -0.25) is 0 Å². The zero-order valence-electron chi connectivity index (χ0n) is 8.53. The van der Waals surface area contributed by atoms with Crippen LogP contribution in [0.25, 0.3) is 0 Å². The summed E-state index contributed by atoms with van der Waals surface area (Å²) in [4.78, 5) is 0. The van der Waals surface area contributed by atoms with E-state index >= 15 is 0 Å². The maximum atomic E-state index is 9.67. The van der Waals surface area contributed by atoms with Crippen molar-refractivity contribution in [1.82, 2.24) is 0 Å². The lowest BCUT2D eigenvalue weighted by Gasteiger charge is -2.10. The van der Waals surface area contributed by atoms with Gasteiger partial charge in [0.2, 0.25) is 5.75 Å². The van der Waals surface area contributed by atoms with E-state index in [2.05, 4.69) is 0 Å². The lowest BCUT2D eigenvalue weighted by molar-refractivity contribution is -0.678. The minimum absolute atomic E-state index is 0.0759. The Kier molecular flexibility index (Phi) is 2.76. The third-order valence-electron chi connectivity index (χ3n) is 1.80. The van der Waals surface area contributed by atoms with E-state index in [-0.39, 0.29) is 12.0 Å². The van der Waals surface area contributed by atoms with Crippen molar-refractivity contribution < 1.29 is 14.4 Å². The molecule has 0 aromatic carbocycles. The molecule has 1 aromatic rings. The lowest BCUT2D eigenvalue weighted by atomic mass is 10.2. The Labute approximate surface area is 78.6 Å². The maximum absolute atomic E-state index is 9.67. The molecule has 1 heterocycles. The smallest absolute Gasteiger partial charge is 0.409 e. The number of hydrogen-bond donors (Lipinski definition) is 1. The van der Waals surface area contributed by atoms with Crippen LogP contribution < -0.4 is 9.30 Å². The second-order valence-corrected chi connectivity index (χ2v) is 3.43. The molecule has 0 aliphatic rings. The molecule has 0 aliphatic heterocycles. The number of aryl methyl sites for hydroxylation is 2. The van der Waals surface area contributed by atoms with Gasteiger partial charge in [-0.05, 0) is 20.8 Å². The molecule has 0 fully saturated rings. The van der Waals surface area contributed by atoms with Gasteiger partial charge < -0.3 is 9.84 Å². The monoisotopic (exact) mass is 182 g/mol. The number of aromatic hydroxyl groups is 1. The summed E-state index contributed by atoms with van der Waals surface area (Å²) in [6, 6.07) is 1.91. The molecule has 1 N–H and O–H groups in total. The van der Waals surface area contributed by atoms with Crippen LogP contribution in [-0.2, 0) is 7.05 Å². The molecular formula is C10H16NO2+. The van der Waals surface area contributed by atoms with Crippen LogP contribution in [0.5, 0.6) is 11.6 Å². The first kappa shape index (κ1) is 9.84. The van der Waals surface area contributed by atoms with Gasteiger partial charge in [-0.25, -0.2) is 0 Å². The van der Waals surface area contributed by atoms with Crippen LogP contribution >= 0.6 is 0 Å². The van der Waals surface area contributed by atoms with Gasteiger partial charge in [-0.15, -0.1) is 0 Å². The van der Waals surface area contributed by atoms with Crippen molar-refractivity contribution in [3.8, 4) is 11.6 Å². The second kappa shape index (κ2) is 3.64. The molecule has 3 nitrogen and oxygen atoms in total. The Morgan fingerprint density at radius 2 is 2.08 bits per heavy atom. The highest BCUT2D eigenvalue weighted by Gasteiger charge is 2.16. The number of aromatic nitrogens is 1. The van der Waals surface area contributed by atoms with Crippen molar-refractivity contribution in [2.75, 3.05) is 0 Å². The van der Waals surface area contributed by atoms with Crippen molar-refractivity contribution in [3.63, 3.8) is 0 Å². The van der Waals surface area contributed by atoms with Crippen LogP contribution in [0.4, 0.5) is 0 Å². The first-order valence-corrected chi connectivity index (χ1v) is 4.37. The molecule has 0 saturated carbocycles. The highest BCUT2D eigenvalue weighted by molar-refractivity contribution is 5.36. The molecule has 1 aromatic heterocycles. The van der Waals surface area contributed by atoms with Gasteiger partial charge in [0.25, 0.3) is 0 Å². The number of pyridine rings is 1. The van der Waals surface area contributed by atoms with E-state index in [1.54, 1.807) is 17.8 Å². The molecule has 3 heteroatoms. The average Bonchev–Trinajstić information content (AvgIpc) is 2.05. The van der Waals surface area contributed by atoms with E-state index in [4.69, 9.17) is 4.74 Å². The Morgan fingerprint density at radius 3 is 2.62 bits per heavy atom. The third kappa shape index (κ3) is 2.11. The van der Waals surface area contributed by atoms with Gasteiger partial charge in [0, 0.05) is 11.6 Å². The highest BCUT2D eigenvalue weighted by Crippen LogP contribution is 2.26.